The summed E-state index contributed by atoms with van der Waals surface area (Å²) in [5.74, 6) is 0.885. The predicted octanol–water partition coefficient (Wildman–Crippen LogP) is 1.84. The molecule has 2 rings (SSSR count). The second-order valence-corrected chi connectivity index (χ2v) is 6.35. The number of nitrogens with zero attached hydrogens (tertiary/aromatic N) is 2. The van der Waals surface area contributed by atoms with Gasteiger partial charge in [-0.2, -0.15) is 0 Å². The molecule has 7 heteroatoms. The van der Waals surface area contributed by atoms with Gasteiger partial charge >= 0.3 is 0 Å². The number of hydrogen-bond donors (Lipinski definition) is 2. The first-order valence-electron chi connectivity index (χ1n) is 9.21. The van der Waals surface area contributed by atoms with Crippen LogP contribution in [0.3, 0.4) is 0 Å². The molecule has 2 fully saturated rings. The lowest BCUT2D eigenvalue weighted by Crippen LogP contribution is -2.42. The van der Waals surface area contributed by atoms with Crippen LogP contribution in [0.5, 0.6) is 0 Å². The quantitative estimate of drug-likeness (QED) is 0.216. The van der Waals surface area contributed by atoms with E-state index in [9.17, 15) is 0 Å². The van der Waals surface area contributed by atoms with E-state index in [1.165, 1.54) is 19.3 Å². The molecule has 0 amide bonds. The van der Waals surface area contributed by atoms with Crippen LogP contribution in [0, 0.1) is 0 Å². The highest BCUT2D eigenvalue weighted by Gasteiger charge is 2.27. The van der Waals surface area contributed by atoms with E-state index in [2.05, 4.69) is 27.4 Å². The molecule has 1 unspecified atom stereocenters. The Morgan fingerprint density at radius 2 is 2.04 bits per heavy atom. The molecule has 0 radical (unpaired) electrons. The van der Waals surface area contributed by atoms with Gasteiger partial charge in [-0.1, -0.05) is 6.92 Å². The van der Waals surface area contributed by atoms with E-state index in [1.54, 1.807) is 0 Å². The zero-order chi connectivity index (χ0) is 16.3. The smallest absolute Gasteiger partial charge is 0.191 e. The van der Waals surface area contributed by atoms with Crippen molar-refractivity contribution in [3.63, 3.8) is 0 Å². The van der Waals surface area contributed by atoms with Gasteiger partial charge in [0.25, 0.3) is 0 Å². The molecule has 1 saturated carbocycles. The number of halogens is 1. The largest absolute Gasteiger partial charge is 0.379 e. The van der Waals surface area contributed by atoms with E-state index in [0.29, 0.717) is 6.10 Å². The van der Waals surface area contributed by atoms with Crippen LogP contribution in [-0.2, 0) is 9.47 Å². The van der Waals surface area contributed by atoms with Gasteiger partial charge in [-0.05, 0) is 38.6 Å². The average Bonchev–Trinajstić information content (AvgIpc) is 3.28. The first-order chi connectivity index (χ1) is 11.3. The molecule has 2 aliphatic rings. The Balaban J connectivity index is 0.00000288. The van der Waals surface area contributed by atoms with Gasteiger partial charge in [0.05, 0.1) is 12.7 Å². The molecule has 1 aliphatic heterocycles. The fourth-order valence-corrected chi connectivity index (χ4v) is 2.95. The standard InChI is InChI=1S/C17H34N4O2.HI/c1-3-21(15-7-8-15)11-10-20-17(18-2)19-9-5-12-22-14-16-6-4-13-23-16;/h15-16H,3-14H2,1-2H3,(H2,18,19,20);1H. The molecule has 6 nitrogen and oxygen atoms in total. The third-order valence-corrected chi connectivity index (χ3v) is 4.47. The van der Waals surface area contributed by atoms with Gasteiger partial charge in [0.2, 0.25) is 0 Å². The third kappa shape index (κ3) is 8.82. The van der Waals surface area contributed by atoms with Crippen LogP contribution in [0.1, 0.15) is 39.0 Å². The highest BCUT2D eigenvalue weighted by atomic mass is 127. The molecule has 1 saturated heterocycles. The summed E-state index contributed by atoms with van der Waals surface area (Å²) < 4.78 is 11.2. The van der Waals surface area contributed by atoms with Crippen LogP contribution >= 0.6 is 24.0 Å². The lowest BCUT2D eigenvalue weighted by molar-refractivity contribution is 0.0168. The SMILES string of the molecule is CCN(CCNC(=NC)NCCCOCC1CCCO1)C1CC1.I. The van der Waals surface area contributed by atoms with Crippen LogP contribution in [0.15, 0.2) is 4.99 Å². The molecule has 0 aromatic carbocycles. The molecule has 1 heterocycles. The number of guanidine groups is 1. The number of aliphatic imine (C=N–C) groups is 1. The zero-order valence-corrected chi connectivity index (χ0v) is 17.6. The van der Waals surface area contributed by atoms with Gasteiger partial charge in [0.15, 0.2) is 5.96 Å². The third-order valence-electron chi connectivity index (χ3n) is 4.47. The summed E-state index contributed by atoms with van der Waals surface area (Å²) in [6.07, 6.45) is 6.36. The molecule has 0 aromatic rings. The first kappa shape index (κ1) is 21.9. The lowest BCUT2D eigenvalue weighted by atomic mass is 10.2. The van der Waals surface area contributed by atoms with Crippen LogP contribution in [0.25, 0.3) is 0 Å². The van der Waals surface area contributed by atoms with Gasteiger partial charge < -0.3 is 20.1 Å². The van der Waals surface area contributed by atoms with Gasteiger partial charge in [0.1, 0.15) is 0 Å². The molecular weight excluding hydrogens is 419 g/mol. The summed E-state index contributed by atoms with van der Waals surface area (Å²) in [5, 5.41) is 6.73. The van der Waals surface area contributed by atoms with Crippen molar-refractivity contribution in [3.8, 4) is 0 Å². The van der Waals surface area contributed by atoms with Crippen molar-refractivity contribution in [2.75, 3.05) is 53.0 Å². The van der Waals surface area contributed by atoms with Crippen LogP contribution in [0.2, 0.25) is 0 Å². The summed E-state index contributed by atoms with van der Waals surface area (Å²) >= 11 is 0. The van der Waals surface area contributed by atoms with Gasteiger partial charge in [-0.25, -0.2) is 0 Å². The number of rotatable bonds is 11. The maximum absolute atomic E-state index is 5.66. The molecule has 0 aromatic heterocycles. The Morgan fingerprint density at radius 1 is 1.25 bits per heavy atom. The number of hydrogen-bond acceptors (Lipinski definition) is 4. The predicted molar refractivity (Wildman–Crippen MR) is 109 cm³/mol. The second kappa shape index (κ2) is 13.1. The summed E-state index contributed by atoms with van der Waals surface area (Å²) in [6.45, 7) is 8.70. The summed E-state index contributed by atoms with van der Waals surface area (Å²) in [4.78, 5) is 6.81. The molecule has 142 valence electrons. The molecule has 1 atom stereocenters. The minimum absolute atomic E-state index is 0. The normalized spacial score (nSPS) is 21.0. The highest BCUT2D eigenvalue weighted by molar-refractivity contribution is 14.0. The van der Waals surface area contributed by atoms with Crippen molar-refractivity contribution in [3.05, 3.63) is 0 Å². The monoisotopic (exact) mass is 454 g/mol. The van der Waals surface area contributed by atoms with Crippen molar-refractivity contribution in [1.82, 2.24) is 15.5 Å². The van der Waals surface area contributed by atoms with Crippen molar-refractivity contribution in [2.45, 2.75) is 51.2 Å². The molecule has 0 spiro atoms. The maximum atomic E-state index is 5.66. The first-order valence-corrected chi connectivity index (χ1v) is 9.21. The van der Waals surface area contributed by atoms with Gasteiger partial charge in [0, 0.05) is 45.9 Å². The Hall–Kier alpha value is -0.120. The minimum Gasteiger partial charge on any atom is -0.379 e. The lowest BCUT2D eigenvalue weighted by Gasteiger charge is -2.20. The van der Waals surface area contributed by atoms with Crippen LogP contribution in [-0.4, -0.2) is 76.1 Å². The van der Waals surface area contributed by atoms with Gasteiger partial charge in [-0.15, -0.1) is 24.0 Å². The summed E-state index contributed by atoms with van der Waals surface area (Å²) in [6, 6.07) is 0.831. The van der Waals surface area contributed by atoms with E-state index in [-0.39, 0.29) is 24.0 Å². The highest BCUT2D eigenvalue weighted by Crippen LogP contribution is 2.25. The molecule has 24 heavy (non-hydrogen) atoms. The topological polar surface area (TPSA) is 58.1 Å². The Kier molecular flexibility index (Phi) is 12.0. The molecule has 1 aliphatic carbocycles. The molecule has 0 bridgehead atoms. The summed E-state index contributed by atoms with van der Waals surface area (Å²) in [7, 11) is 1.82. The molecule has 2 N–H and O–H groups in total. The Labute approximate surface area is 164 Å². The van der Waals surface area contributed by atoms with E-state index in [4.69, 9.17) is 9.47 Å². The van der Waals surface area contributed by atoms with E-state index in [0.717, 1.165) is 70.8 Å². The maximum Gasteiger partial charge on any atom is 0.191 e. The minimum atomic E-state index is 0. The fourth-order valence-electron chi connectivity index (χ4n) is 2.95. The second-order valence-electron chi connectivity index (χ2n) is 6.35. The van der Waals surface area contributed by atoms with Crippen molar-refractivity contribution in [2.24, 2.45) is 4.99 Å². The zero-order valence-electron chi connectivity index (χ0n) is 15.3. The van der Waals surface area contributed by atoms with Crippen molar-refractivity contribution in [1.29, 1.82) is 0 Å². The van der Waals surface area contributed by atoms with Crippen molar-refractivity contribution >= 4 is 29.9 Å². The van der Waals surface area contributed by atoms with E-state index >= 15 is 0 Å². The van der Waals surface area contributed by atoms with Crippen LogP contribution < -0.4 is 10.6 Å². The van der Waals surface area contributed by atoms with Crippen molar-refractivity contribution < 1.29 is 9.47 Å². The number of likely N-dealkylation sites (N-methyl/N-ethyl adjacent to an activating group) is 1. The number of ether oxygens (including phenoxy) is 2. The van der Waals surface area contributed by atoms with E-state index in [1.807, 2.05) is 7.05 Å². The fraction of sp³-hybridized carbons (Fsp3) is 0.941. The van der Waals surface area contributed by atoms with E-state index < -0.39 is 0 Å². The summed E-state index contributed by atoms with van der Waals surface area (Å²) in [5.41, 5.74) is 0. The average molecular weight is 454 g/mol. The molecular formula is C17H35IN4O2. The van der Waals surface area contributed by atoms with Crippen LogP contribution in [0.4, 0.5) is 0 Å². The Morgan fingerprint density at radius 3 is 2.67 bits per heavy atom. The Bertz CT molecular complexity index is 347. The van der Waals surface area contributed by atoms with Gasteiger partial charge in [-0.3, -0.25) is 9.89 Å². The number of nitrogens with one attached hydrogen (secondary N) is 2.